The third-order valence-electron chi connectivity index (χ3n) is 4.60. The minimum Gasteiger partial charge on any atom is -0.482 e. The number of likely N-dealkylation sites (N-methyl/N-ethyl adjacent to an activating group) is 1. The lowest BCUT2D eigenvalue weighted by atomic mass is 10.2. The molecular weight excluding hydrogens is 372 g/mol. The summed E-state index contributed by atoms with van der Waals surface area (Å²) in [5.74, 6) is 0.0474. The van der Waals surface area contributed by atoms with E-state index in [2.05, 4.69) is 10.6 Å². The van der Waals surface area contributed by atoms with E-state index in [1.54, 1.807) is 35.2 Å². The lowest BCUT2D eigenvalue weighted by Crippen LogP contribution is -2.46. The second kappa shape index (κ2) is 9.09. The van der Waals surface area contributed by atoms with E-state index in [9.17, 15) is 14.4 Å². The minimum atomic E-state index is -0.412. The molecule has 0 saturated carbocycles. The summed E-state index contributed by atoms with van der Waals surface area (Å²) in [5, 5.41) is 5.47. The highest BCUT2D eigenvalue weighted by atomic mass is 16.5. The summed E-state index contributed by atoms with van der Waals surface area (Å²) in [4.78, 5) is 40.2. The molecule has 3 rings (SSSR count). The highest BCUT2D eigenvalue weighted by molar-refractivity contribution is 6.04. The average Bonchev–Trinajstić information content (AvgIpc) is 2.72. The van der Waals surface area contributed by atoms with Gasteiger partial charge in [0.15, 0.2) is 6.61 Å². The van der Waals surface area contributed by atoms with Crippen molar-refractivity contribution in [3.05, 3.63) is 48.5 Å². The number of nitrogens with one attached hydrogen (secondary N) is 2. The Kier molecular flexibility index (Phi) is 6.33. The second-order valence-electron chi connectivity index (χ2n) is 6.46. The molecule has 1 heterocycles. The number of urea groups is 1. The van der Waals surface area contributed by atoms with Crippen LogP contribution in [0.25, 0.3) is 0 Å². The number of para-hydroxylation sites is 1. The number of carbonyl (C=O) groups excluding carboxylic acids is 3. The van der Waals surface area contributed by atoms with Crippen molar-refractivity contribution in [2.45, 2.75) is 13.8 Å². The zero-order valence-electron chi connectivity index (χ0n) is 16.5. The lowest BCUT2D eigenvalue weighted by molar-refractivity contribution is -0.131. The molecule has 29 heavy (non-hydrogen) atoms. The maximum atomic E-state index is 12.5. The van der Waals surface area contributed by atoms with Gasteiger partial charge in [0.1, 0.15) is 12.3 Å². The van der Waals surface area contributed by atoms with Crippen molar-refractivity contribution >= 4 is 34.9 Å². The SMILES string of the molecule is CCN(CC)C(=O)CN1C(=O)COc2ccc(NC(=O)Nc3ccccc3)cc21. The monoisotopic (exact) mass is 396 g/mol. The number of ether oxygens (including phenoxy) is 1. The van der Waals surface area contributed by atoms with E-state index in [4.69, 9.17) is 4.74 Å². The van der Waals surface area contributed by atoms with Gasteiger partial charge in [-0.1, -0.05) is 18.2 Å². The van der Waals surface area contributed by atoms with Crippen molar-refractivity contribution in [3.63, 3.8) is 0 Å². The van der Waals surface area contributed by atoms with Crippen LogP contribution in [0.3, 0.4) is 0 Å². The number of fused-ring (bicyclic) bond motifs is 1. The standard InChI is InChI=1S/C21H24N4O4/c1-3-24(4-2)19(26)13-25-17-12-16(10-11-18(17)29-14-20(25)27)23-21(28)22-15-8-6-5-7-9-15/h5-12H,3-4,13-14H2,1-2H3,(H2,22,23,28). The van der Waals surface area contributed by atoms with Gasteiger partial charge in [-0.3, -0.25) is 14.5 Å². The van der Waals surface area contributed by atoms with Crippen molar-refractivity contribution in [2.75, 3.05) is 41.8 Å². The first-order chi connectivity index (χ1) is 14.0. The van der Waals surface area contributed by atoms with Crippen molar-refractivity contribution in [1.29, 1.82) is 0 Å². The first kappa shape index (κ1) is 20.2. The third-order valence-corrected chi connectivity index (χ3v) is 4.60. The van der Waals surface area contributed by atoms with E-state index < -0.39 is 6.03 Å². The smallest absolute Gasteiger partial charge is 0.323 e. The van der Waals surface area contributed by atoms with Crippen LogP contribution in [0, 0.1) is 0 Å². The Bertz CT molecular complexity index is 897. The number of hydrogen-bond acceptors (Lipinski definition) is 4. The molecule has 0 radical (unpaired) electrons. The van der Waals surface area contributed by atoms with Crippen molar-refractivity contribution in [3.8, 4) is 5.75 Å². The van der Waals surface area contributed by atoms with Crippen molar-refractivity contribution < 1.29 is 19.1 Å². The predicted octanol–water partition coefficient (Wildman–Crippen LogP) is 2.92. The fraction of sp³-hybridized carbons (Fsp3) is 0.286. The highest BCUT2D eigenvalue weighted by Crippen LogP contribution is 2.34. The lowest BCUT2D eigenvalue weighted by Gasteiger charge is -2.31. The molecule has 8 heteroatoms. The maximum absolute atomic E-state index is 12.5. The number of hydrogen-bond donors (Lipinski definition) is 2. The van der Waals surface area contributed by atoms with Crippen molar-refractivity contribution in [1.82, 2.24) is 4.90 Å². The van der Waals surface area contributed by atoms with Gasteiger partial charge in [0, 0.05) is 24.5 Å². The molecule has 1 aliphatic heterocycles. The Labute approximate surface area is 169 Å². The van der Waals surface area contributed by atoms with Crippen LogP contribution in [-0.2, 0) is 9.59 Å². The third kappa shape index (κ3) is 4.84. The van der Waals surface area contributed by atoms with Crippen LogP contribution in [0.15, 0.2) is 48.5 Å². The molecule has 1 aliphatic rings. The summed E-state index contributed by atoms with van der Waals surface area (Å²) >= 11 is 0. The molecule has 4 amide bonds. The molecule has 152 valence electrons. The van der Waals surface area contributed by atoms with E-state index in [0.717, 1.165) is 0 Å². The Morgan fingerprint density at radius 1 is 1.03 bits per heavy atom. The van der Waals surface area contributed by atoms with Gasteiger partial charge in [0.2, 0.25) is 5.91 Å². The Hall–Kier alpha value is -3.55. The largest absolute Gasteiger partial charge is 0.482 e. The second-order valence-corrected chi connectivity index (χ2v) is 6.46. The van der Waals surface area contributed by atoms with Gasteiger partial charge in [-0.25, -0.2) is 4.79 Å². The summed E-state index contributed by atoms with van der Waals surface area (Å²) in [6, 6.07) is 13.6. The number of anilines is 3. The van der Waals surface area contributed by atoms with E-state index in [0.29, 0.717) is 35.9 Å². The van der Waals surface area contributed by atoms with Gasteiger partial charge in [-0.2, -0.15) is 0 Å². The number of amides is 4. The number of carbonyl (C=O) groups is 3. The first-order valence-electron chi connectivity index (χ1n) is 9.49. The molecule has 0 saturated heterocycles. The summed E-state index contributed by atoms with van der Waals surface area (Å²) in [6.45, 7) is 4.73. The van der Waals surface area contributed by atoms with E-state index in [-0.39, 0.29) is 25.0 Å². The summed E-state index contributed by atoms with van der Waals surface area (Å²) in [6.07, 6.45) is 0. The summed E-state index contributed by atoms with van der Waals surface area (Å²) in [7, 11) is 0. The Morgan fingerprint density at radius 2 is 1.72 bits per heavy atom. The zero-order chi connectivity index (χ0) is 20.8. The van der Waals surface area contributed by atoms with Crippen LogP contribution in [0.5, 0.6) is 5.75 Å². The van der Waals surface area contributed by atoms with Gasteiger partial charge in [-0.05, 0) is 44.2 Å². The Balaban J connectivity index is 1.76. The molecule has 0 bridgehead atoms. The molecule has 0 atom stereocenters. The van der Waals surface area contributed by atoms with Crippen LogP contribution >= 0.6 is 0 Å². The van der Waals surface area contributed by atoms with Crippen LogP contribution in [0.2, 0.25) is 0 Å². The molecular formula is C21H24N4O4. The maximum Gasteiger partial charge on any atom is 0.323 e. The minimum absolute atomic E-state index is 0.0729. The van der Waals surface area contributed by atoms with Crippen LogP contribution in [0.4, 0.5) is 21.9 Å². The molecule has 2 aromatic carbocycles. The van der Waals surface area contributed by atoms with Crippen molar-refractivity contribution in [2.24, 2.45) is 0 Å². The first-order valence-corrected chi connectivity index (χ1v) is 9.49. The number of benzene rings is 2. The quantitative estimate of drug-likeness (QED) is 0.785. The fourth-order valence-corrected chi connectivity index (χ4v) is 3.08. The molecule has 2 aromatic rings. The molecule has 0 spiro atoms. The summed E-state index contributed by atoms with van der Waals surface area (Å²) in [5.41, 5.74) is 1.60. The fourth-order valence-electron chi connectivity index (χ4n) is 3.08. The summed E-state index contributed by atoms with van der Waals surface area (Å²) < 4.78 is 5.47. The highest BCUT2D eigenvalue weighted by Gasteiger charge is 2.29. The molecule has 8 nitrogen and oxygen atoms in total. The Morgan fingerprint density at radius 3 is 2.41 bits per heavy atom. The molecule has 0 unspecified atom stereocenters. The van der Waals surface area contributed by atoms with E-state index in [1.807, 2.05) is 32.0 Å². The number of rotatable bonds is 6. The van der Waals surface area contributed by atoms with Gasteiger partial charge in [0.25, 0.3) is 5.91 Å². The number of nitrogens with zero attached hydrogens (tertiary/aromatic N) is 2. The van der Waals surface area contributed by atoms with Crippen LogP contribution in [0.1, 0.15) is 13.8 Å². The molecule has 0 fully saturated rings. The van der Waals surface area contributed by atoms with Gasteiger partial charge in [-0.15, -0.1) is 0 Å². The van der Waals surface area contributed by atoms with Crippen LogP contribution < -0.4 is 20.3 Å². The van der Waals surface area contributed by atoms with Gasteiger partial charge >= 0.3 is 6.03 Å². The predicted molar refractivity (Wildman–Crippen MR) is 111 cm³/mol. The van der Waals surface area contributed by atoms with Gasteiger partial charge in [0.05, 0.1) is 5.69 Å². The van der Waals surface area contributed by atoms with Gasteiger partial charge < -0.3 is 20.3 Å². The normalized spacial score (nSPS) is 12.6. The topological polar surface area (TPSA) is 91.0 Å². The molecule has 2 N–H and O–H groups in total. The van der Waals surface area contributed by atoms with Crippen LogP contribution in [-0.4, -0.2) is 49.0 Å². The van der Waals surface area contributed by atoms with E-state index >= 15 is 0 Å². The average molecular weight is 396 g/mol. The van der Waals surface area contributed by atoms with E-state index in [1.165, 1.54) is 4.90 Å². The molecule has 0 aliphatic carbocycles. The molecule has 0 aromatic heterocycles. The zero-order valence-corrected chi connectivity index (χ0v) is 16.5.